The van der Waals surface area contributed by atoms with Gasteiger partial charge in [0.15, 0.2) is 4.34 Å². The third-order valence-corrected chi connectivity index (χ3v) is 5.20. The lowest BCUT2D eigenvalue weighted by Gasteiger charge is -2.33. The topological polar surface area (TPSA) is 101 Å². The summed E-state index contributed by atoms with van der Waals surface area (Å²) >= 11 is 2.76. The van der Waals surface area contributed by atoms with Crippen LogP contribution in [-0.2, 0) is 9.59 Å². The van der Waals surface area contributed by atoms with E-state index in [4.69, 9.17) is 5.73 Å². The van der Waals surface area contributed by atoms with Crippen molar-refractivity contribution in [1.29, 1.82) is 0 Å². The number of thioether (sulfide) groups is 1. The van der Waals surface area contributed by atoms with Gasteiger partial charge in [-0.25, -0.2) is 0 Å². The van der Waals surface area contributed by atoms with Gasteiger partial charge in [-0.2, -0.15) is 0 Å². The Balaban J connectivity index is 1.89. The van der Waals surface area contributed by atoms with Gasteiger partial charge in [0, 0.05) is 13.1 Å². The first-order chi connectivity index (χ1) is 10.1. The predicted octanol–water partition coefficient (Wildman–Crippen LogP) is 0.928. The number of aromatic nitrogens is 2. The highest BCUT2D eigenvalue weighted by atomic mass is 32.2. The molecule has 1 aliphatic heterocycles. The lowest BCUT2D eigenvalue weighted by Crippen LogP contribution is -2.51. The van der Waals surface area contributed by atoms with E-state index in [-0.39, 0.29) is 11.7 Å². The monoisotopic (exact) mass is 329 g/mol. The van der Waals surface area contributed by atoms with E-state index < -0.39 is 11.9 Å². The van der Waals surface area contributed by atoms with Crippen LogP contribution in [0.3, 0.4) is 0 Å². The molecule has 0 saturated carbocycles. The van der Waals surface area contributed by atoms with Gasteiger partial charge in [0.25, 0.3) is 0 Å². The van der Waals surface area contributed by atoms with Crippen molar-refractivity contribution in [2.45, 2.75) is 36.6 Å². The van der Waals surface area contributed by atoms with E-state index in [9.17, 15) is 9.59 Å². The fourth-order valence-corrected chi connectivity index (χ4v) is 3.93. The summed E-state index contributed by atoms with van der Waals surface area (Å²) in [6.45, 7) is 3.37. The van der Waals surface area contributed by atoms with E-state index in [2.05, 4.69) is 15.5 Å². The third kappa shape index (κ3) is 4.31. The summed E-state index contributed by atoms with van der Waals surface area (Å²) in [6.07, 6.45) is 2.52. The van der Waals surface area contributed by atoms with Crippen LogP contribution in [0.5, 0.6) is 0 Å². The van der Waals surface area contributed by atoms with Crippen molar-refractivity contribution in [3.8, 4) is 0 Å². The van der Waals surface area contributed by atoms with Crippen molar-refractivity contribution in [3.05, 3.63) is 0 Å². The summed E-state index contributed by atoms with van der Waals surface area (Å²) in [5, 5.41) is 11.8. The van der Waals surface area contributed by atoms with Crippen molar-refractivity contribution in [2.24, 2.45) is 5.73 Å². The minimum absolute atomic E-state index is 0.0660. The average Bonchev–Trinajstić information content (AvgIpc) is 2.93. The van der Waals surface area contributed by atoms with Crippen LogP contribution in [0.25, 0.3) is 0 Å². The quantitative estimate of drug-likeness (QED) is 0.753. The Hall–Kier alpha value is -1.35. The number of carbonyl (C=O) groups excluding carboxylic acids is 2. The standard InChI is InChI=1S/C12H19N5O2S2/c1-2-14-11-15-16-12(21-11)20-7-9(18)17-6-4-3-5-8(17)10(13)19/h8H,2-7H2,1H3,(H2,13,19)(H,14,15)/t8-/m1/s1. The van der Waals surface area contributed by atoms with Gasteiger partial charge in [0.2, 0.25) is 16.9 Å². The van der Waals surface area contributed by atoms with E-state index in [1.807, 2.05) is 6.92 Å². The fourth-order valence-electron chi connectivity index (χ4n) is 2.22. The first-order valence-electron chi connectivity index (χ1n) is 6.90. The number of nitrogens with zero attached hydrogens (tertiary/aromatic N) is 3. The number of amides is 2. The Bertz CT molecular complexity index is 508. The van der Waals surface area contributed by atoms with E-state index in [0.29, 0.717) is 13.0 Å². The Kier molecular flexibility index (Phi) is 5.80. The van der Waals surface area contributed by atoms with Gasteiger partial charge in [0.1, 0.15) is 6.04 Å². The molecule has 1 saturated heterocycles. The molecule has 1 atom stereocenters. The molecule has 0 aliphatic carbocycles. The first kappa shape index (κ1) is 16.0. The zero-order valence-electron chi connectivity index (χ0n) is 11.9. The average molecular weight is 329 g/mol. The molecule has 1 fully saturated rings. The Morgan fingerprint density at radius 1 is 1.48 bits per heavy atom. The Morgan fingerprint density at radius 3 is 3.00 bits per heavy atom. The van der Waals surface area contributed by atoms with Gasteiger partial charge < -0.3 is 16.0 Å². The van der Waals surface area contributed by atoms with Crippen LogP contribution >= 0.6 is 23.1 Å². The van der Waals surface area contributed by atoms with E-state index in [0.717, 1.165) is 28.9 Å². The second-order valence-electron chi connectivity index (χ2n) is 4.69. The maximum atomic E-state index is 12.3. The Morgan fingerprint density at radius 2 is 2.29 bits per heavy atom. The zero-order valence-corrected chi connectivity index (χ0v) is 13.5. The van der Waals surface area contributed by atoms with Crippen LogP contribution in [0.1, 0.15) is 26.2 Å². The molecule has 116 valence electrons. The van der Waals surface area contributed by atoms with Crippen LogP contribution < -0.4 is 11.1 Å². The highest BCUT2D eigenvalue weighted by Gasteiger charge is 2.30. The molecule has 0 spiro atoms. The maximum Gasteiger partial charge on any atom is 0.240 e. The molecule has 1 aromatic heterocycles. The molecule has 3 N–H and O–H groups in total. The van der Waals surface area contributed by atoms with Gasteiger partial charge in [-0.3, -0.25) is 9.59 Å². The number of nitrogens with one attached hydrogen (secondary N) is 1. The van der Waals surface area contributed by atoms with Crippen molar-refractivity contribution in [3.63, 3.8) is 0 Å². The van der Waals surface area contributed by atoms with Crippen LogP contribution in [0, 0.1) is 0 Å². The number of rotatable bonds is 6. The molecule has 0 radical (unpaired) electrons. The molecule has 2 heterocycles. The molecule has 1 aliphatic rings. The van der Waals surface area contributed by atoms with Gasteiger partial charge in [-0.1, -0.05) is 23.1 Å². The smallest absolute Gasteiger partial charge is 0.240 e. The molecule has 2 amide bonds. The summed E-state index contributed by atoms with van der Waals surface area (Å²) < 4.78 is 0.743. The molecule has 1 aromatic rings. The number of anilines is 1. The van der Waals surface area contributed by atoms with Crippen LogP contribution in [0.15, 0.2) is 4.34 Å². The number of hydrogen-bond donors (Lipinski definition) is 2. The third-order valence-electron chi connectivity index (χ3n) is 3.21. The second-order valence-corrected chi connectivity index (χ2v) is 6.89. The van der Waals surface area contributed by atoms with Crippen molar-refractivity contribution in [1.82, 2.24) is 15.1 Å². The molecule has 0 unspecified atom stereocenters. The highest BCUT2D eigenvalue weighted by Crippen LogP contribution is 2.26. The van der Waals surface area contributed by atoms with Gasteiger partial charge >= 0.3 is 0 Å². The van der Waals surface area contributed by atoms with E-state index in [1.54, 1.807) is 4.90 Å². The molecular formula is C12H19N5O2S2. The van der Waals surface area contributed by atoms with Gasteiger partial charge in [-0.15, -0.1) is 10.2 Å². The van der Waals surface area contributed by atoms with Crippen LogP contribution in [0.4, 0.5) is 5.13 Å². The zero-order chi connectivity index (χ0) is 15.2. The normalized spacial score (nSPS) is 18.5. The van der Waals surface area contributed by atoms with Gasteiger partial charge in [-0.05, 0) is 26.2 Å². The number of likely N-dealkylation sites (tertiary alicyclic amines) is 1. The van der Waals surface area contributed by atoms with E-state index >= 15 is 0 Å². The molecule has 21 heavy (non-hydrogen) atoms. The Labute approximate surface area is 131 Å². The summed E-state index contributed by atoms with van der Waals surface area (Å²) in [6, 6.07) is -0.460. The fraction of sp³-hybridized carbons (Fsp3) is 0.667. The molecular weight excluding hydrogens is 310 g/mol. The van der Waals surface area contributed by atoms with Crippen molar-refractivity contribution >= 4 is 40.0 Å². The SMILES string of the molecule is CCNc1nnc(SCC(=O)N2CCCC[C@@H]2C(N)=O)s1. The molecule has 2 rings (SSSR count). The lowest BCUT2D eigenvalue weighted by atomic mass is 10.0. The predicted molar refractivity (Wildman–Crippen MR) is 83.3 cm³/mol. The summed E-state index contributed by atoms with van der Waals surface area (Å²) in [7, 11) is 0. The minimum atomic E-state index is -0.460. The minimum Gasteiger partial charge on any atom is -0.368 e. The van der Waals surface area contributed by atoms with Gasteiger partial charge in [0.05, 0.1) is 5.75 Å². The van der Waals surface area contributed by atoms with Crippen molar-refractivity contribution < 1.29 is 9.59 Å². The largest absolute Gasteiger partial charge is 0.368 e. The summed E-state index contributed by atoms with van der Waals surface area (Å²) in [4.78, 5) is 25.3. The van der Waals surface area contributed by atoms with Crippen molar-refractivity contribution in [2.75, 3.05) is 24.2 Å². The van der Waals surface area contributed by atoms with Crippen LogP contribution in [-0.4, -0.2) is 51.8 Å². The van der Waals surface area contributed by atoms with E-state index in [1.165, 1.54) is 23.1 Å². The number of carbonyl (C=O) groups is 2. The molecule has 9 heteroatoms. The number of primary amides is 1. The lowest BCUT2D eigenvalue weighted by molar-refractivity contribution is -0.138. The summed E-state index contributed by atoms with van der Waals surface area (Å²) in [5.74, 6) is -0.230. The number of piperidine rings is 1. The maximum absolute atomic E-state index is 12.3. The molecule has 7 nitrogen and oxygen atoms in total. The molecule has 0 bridgehead atoms. The number of nitrogens with two attached hydrogens (primary N) is 1. The number of hydrogen-bond acceptors (Lipinski definition) is 7. The van der Waals surface area contributed by atoms with Crippen LogP contribution in [0.2, 0.25) is 0 Å². The second kappa shape index (κ2) is 7.60. The first-order valence-corrected chi connectivity index (χ1v) is 8.71. The highest BCUT2D eigenvalue weighted by molar-refractivity contribution is 8.01. The molecule has 0 aromatic carbocycles. The summed E-state index contributed by atoms with van der Waals surface area (Å²) in [5.41, 5.74) is 5.37.